The van der Waals surface area contributed by atoms with Crippen LogP contribution < -0.4 is 0 Å². The van der Waals surface area contributed by atoms with E-state index in [-0.39, 0.29) is 6.54 Å². The first-order valence-corrected chi connectivity index (χ1v) is 5.20. The number of carboxylic acid groups (broad SMARTS) is 1. The maximum absolute atomic E-state index is 10.4. The van der Waals surface area contributed by atoms with Gasteiger partial charge in [-0.2, -0.15) is 0 Å². The zero-order valence-corrected chi connectivity index (χ0v) is 9.43. The lowest BCUT2D eigenvalue weighted by Gasteiger charge is -2.13. The third-order valence-corrected chi connectivity index (χ3v) is 2.13. The number of likely N-dealkylation sites (N-methyl/N-ethyl adjacent to an activating group) is 1. The Balaban J connectivity index is 2.10. The van der Waals surface area contributed by atoms with Crippen LogP contribution in [-0.4, -0.2) is 42.7 Å². The van der Waals surface area contributed by atoms with Gasteiger partial charge in [0.05, 0.1) is 19.8 Å². The maximum atomic E-state index is 10.4. The monoisotopic (exact) mass is 223 g/mol. The summed E-state index contributed by atoms with van der Waals surface area (Å²) >= 11 is 0. The predicted molar refractivity (Wildman–Crippen MR) is 61.2 cm³/mol. The lowest BCUT2D eigenvalue weighted by molar-refractivity contribution is -0.138. The van der Waals surface area contributed by atoms with Crippen LogP contribution in [0.2, 0.25) is 0 Å². The summed E-state index contributed by atoms with van der Waals surface area (Å²) in [5.74, 6) is -0.814. The van der Waals surface area contributed by atoms with Crippen molar-refractivity contribution in [2.75, 3.05) is 26.7 Å². The predicted octanol–water partition coefficient (Wildman–Crippen LogP) is 1.22. The van der Waals surface area contributed by atoms with Crippen molar-refractivity contribution in [3.05, 3.63) is 35.9 Å². The van der Waals surface area contributed by atoms with Gasteiger partial charge in [0.2, 0.25) is 0 Å². The number of rotatable bonds is 7. The van der Waals surface area contributed by atoms with Gasteiger partial charge in [-0.25, -0.2) is 0 Å². The van der Waals surface area contributed by atoms with Gasteiger partial charge in [0.25, 0.3) is 0 Å². The average Bonchev–Trinajstić information content (AvgIpc) is 2.25. The van der Waals surface area contributed by atoms with Crippen LogP contribution in [-0.2, 0) is 16.1 Å². The third kappa shape index (κ3) is 5.48. The van der Waals surface area contributed by atoms with Crippen LogP contribution in [0.5, 0.6) is 0 Å². The Morgan fingerprint density at radius 1 is 1.38 bits per heavy atom. The minimum Gasteiger partial charge on any atom is -0.480 e. The second kappa shape index (κ2) is 6.98. The Bertz CT molecular complexity index is 313. The number of carboxylic acids is 1. The molecular weight excluding hydrogens is 206 g/mol. The molecule has 0 radical (unpaired) electrons. The van der Waals surface area contributed by atoms with Gasteiger partial charge >= 0.3 is 5.97 Å². The Labute approximate surface area is 95.5 Å². The standard InChI is InChI=1S/C12H17NO3/c1-13(9-12(14)15)7-8-16-10-11-5-3-2-4-6-11/h2-6H,7-10H2,1H3,(H,14,15). The fourth-order valence-corrected chi connectivity index (χ4v) is 1.29. The number of ether oxygens (including phenoxy) is 1. The first kappa shape index (κ1) is 12.7. The molecule has 0 spiro atoms. The van der Waals surface area contributed by atoms with Crippen LogP contribution in [0.3, 0.4) is 0 Å². The number of benzene rings is 1. The molecule has 4 heteroatoms. The average molecular weight is 223 g/mol. The molecule has 0 aromatic heterocycles. The summed E-state index contributed by atoms with van der Waals surface area (Å²) in [6, 6.07) is 9.90. The fraction of sp³-hybridized carbons (Fsp3) is 0.417. The molecule has 0 unspecified atom stereocenters. The van der Waals surface area contributed by atoms with Crippen LogP contribution in [0.1, 0.15) is 5.56 Å². The summed E-state index contributed by atoms with van der Waals surface area (Å²) in [5.41, 5.74) is 1.13. The minimum absolute atomic E-state index is 0.0503. The molecule has 0 heterocycles. The maximum Gasteiger partial charge on any atom is 0.317 e. The van der Waals surface area contributed by atoms with Crippen LogP contribution in [0, 0.1) is 0 Å². The van der Waals surface area contributed by atoms with Crippen molar-refractivity contribution in [1.82, 2.24) is 4.90 Å². The molecule has 16 heavy (non-hydrogen) atoms. The number of nitrogens with zero attached hydrogens (tertiary/aromatic N) is 1. The molecule has 0 saturated heterocycles. The Morgan fingerprint density at radius 2 is 2.06 bits per heavy atom. The number of aliphatic carboxylic acids is 1. The van der Waals surface area contributed by atoms with E-state index in [9.17, 15) is 4.79 Å². The highest BCUT2D eigenvalue weighted by Gasteiger charge is 2.03. The largest absolute Gasteiger partial charge is 0.480 e. The van der Waals surface area contributed by atoms with Gasteiger partial charge in [0.15, 0.2) is 0 Å². The van der Waals surface area contributed by atoms with E-state index in [0.717, 1.165) is 5.56 Å². The summed E-state index contributed by atoms with van der Waals surface area (Å²) in [5, 5.41) is 8.54. The van der Waals surface area contributed by atoms with Gasteiger partial charge in [-0.15, -0.1) is 0 Å². The van der Waals surface area contributed by atoms with Crippen LogP contribution in [0.15, 0.2) is 30.3 Å². The molecule has 1 N–H and O–H groups in total. The quantitative estimate of drug-likeness (QED) is 0.706. The zero-order valence-electron chi connectivity index (χ0n) is 9.43. The summed E-state index contributed by atoms with van der Waals surface area (Å²) in [7, 11) is 1.76. The molecule has 0 saturated carbocycles. The summed E-state index contributed by atoms with van der Waals surface area (Å²) in [6.45, 7) is 1.79. The molecule has 0 aliphatic carbocycles. The molecule has 4 nitrogen and oxygen atoms in total. The highest BCUT2D eigenvalue weighted by molar-refractivity contribution is 5.68. The van der Waals surface area contributed by atoms with Gasteiger partial charge < -0.3 is 9.84 Å². The van der Waals surface area contributed by atoms with Gasteiger partial charge in [0.1, 0.15) is 0 Å². The van der Waals surface area contributed by atoms with E-state index in [0.29, 0.717) is 19.8 Å². The molecule has 1 aromatic rings. The van der Waals surface area contributed by atoms with Gasteiger partial charge in [-0.3, -0.25) is 9.69 Å². The molecule has 1 aromatic carbocycles. The highest BCUT2D eigenvalue weighted by Crippen LogP contribution is 2.00. The van der Waals surface area contributed by atoms with E-state index < -0.39 is 5.97 Å². The third-order valence-electron chi connectivity index (χ3n) is 2.13. The lowest BCUT2D eigenvalue weighted by atomic mass is 10.2. The second-order valence-electron chi connectivity index (χ2n) is 3.67. The normalized spacial score (nSPS) is 10.6. The minimum atomic E-state index is -0.814. The molecule has 0 fully saturated rings. The van der Waals surface area contributed by atoms with E-state index in [1.165, 1.54) is 0 Å². The molecule has 0 atom stereocenters. The highest BCUT2D eigenvalue weighted by atomic mass is 16.5. The number of carbonyl (C=O) groups is 1. The topological polar surface area (TPSA) is 49.8 Å². The van der Waals surface area contributed by atoms with Crippen molar-refractivity contribution in [2.45, 2.75) is 6.61 Å². The molecule has 0 aliphatic heterocycles. The van der Waals surface area contributed by atoms with E-state index >= 15 is 0 Å². The van der Waals surface area contributed by atoms with Gasteiger partial charge in [0, 0.05) is 6.54 Å². The van der Waals surface area contributed by atoms with Crippen LogP contribution in [0.4, 0.5) is 0 Å². The molecule has 0 amide bonds. The first-order valence-electron chi connectivity index (χ1n) is 5.20. The van der Waals surface area contributed by atoms with Crippen molar-refractivity contribution in [1.29, 1.82) is 0 Å². The Kier molecular flexibility index (Phi) is 5.53. The summed E-state index contributed by atoms with van der Waals surface area (Å²) in [4.78, 5) is 12.1. The van der Waals surface area contributed by atoms with E-state index in [2.05, 4.69) is 0 Å². The number of hydrogen-bond acceptors (Lipinski definition) is 3. The number of hydrogen-bond donors (Lipinski definition) is 1. The second-order valence-corrected chi connectivity index (χ2v) is 3.67. The summed E-state index contributed by atoms with van der Waals surface area (Å²) < 4.78 is 5.44. The van der Waals surface area contributed by atoms with Crippen molar-refractivity contribution >= 4 is 5.97 Å². The van der Waals surface area contributed by atoms with Gasteiger partial charge in [-0.05, 0) is 12.6 Å². The smallest absolute Gasteiger partial charge is 0.317 e. The lowest BCUT2D eigenvalue weighted by Crippen LogP contribution is -2.28. The van der Waals surface area contributed by atoms with Crippen molar-refractivity contribution in [3.8, 4) is 0 Å². The Morgan fingerprint density at radius 3 is 2.69 bits per heavy atom. The first-order chi connectivity index (χ1) is 7.68. The van der Waals surface area contributed by atoms with E-state index in [1.54, 1.807) is 11.9 Å². The van der Waals surface area contributed by atoms with E-state index in [1.807, 2.05) is 30.3 Å². The molecule has 0 aliphatic rings. The SMILES string of the molecule is CN(CCOCc1ccccc1)CC(=O)O. The summed E-state index contributed by atoms with van der Waals surface area (Å²) in [6.07, 6.45) is 0. The van der Waals surface area contributed by atoms with Crippen LogP contribution >= 0.6 is 0 Å². The fourth-order valence-electron chi connectivity index (χ4n) is 1.29. The molecule has 0 bridgehead atoms. The van der Waals surface area contributed by atoms with Crippen molar-refractivity contribution in [2.24, 2.45) is 0 Å². The molecular formula is C12H17NO3. The Hall–Kier alpha value is -1.39. The molecule has 1 rings (SSSR count). The van der Waals surface area contributed by atoms with Gasteiger partial charge in [-0.1, -0.05) is 30.3 Å². The molecule has 88 valence electrons. The van der Waals surface area contributed by atoms with Crippen LogP contribution in [0.25, 0.3) is 0 Å². The van der Waals surface area contributed by atoms with Crippen molar-refractivity contribution in [3.63, 3.8) is 0 Å². The zero-order chi connectivity index (χ0) is 11.8. The van der Waals surface area contributed by atoms with E-state index in [4.69, 9.17) is 9.84 Å². The van der Waals surface area contributed by atoms with Crippen molar-refractivity contribution < 1.29 is 14.6 Å².